The molecule has 5 heterocycles. The second-order valence-electron chi connectivity index (χ2n) is 8.54. The summed E-state index contributed by atoms with van der Waals surface area (Å²) in [6, 6.07) is 5.52. The Hall–Kier alpha value is -3.43. The molecule has 0 radical (unpaired) electrons. The van der Waals surface area contributed by atoms with Crippen molar-refractivity contribution in [1.82, 2.24) is 14.9 Å². The van der Waals surface area contributed by atoms with Gasteiger partial charge in [0.2, 0.25) is 6.79 Å². The summed E-state index contributed by atoms with van der Waals surface area (Å²) in [6.45, 7) is 8.05. The number of fused-ring (bicyclic) bond motifs is 6. The van der Waals surface area contributed by atoms with Crippen LogP contribution >= 0.6 is 0 Å². The number of benzene rings is 1. The molecule has 0 aliphatic carbocycles. The highest BCUT2D eigenvalue weighted by Gasteiger charge is 2.35. The van der Waals surface area contributed by atoms with E-state index in [9.17, 15) is 14.7 Å². The van der Waals surface area contributed by atoms with E-state index in [4.69, 9.17) is 19.2 Å². The largest absolute Gasteiger partial charge is 0.458 e. The number of hydrogen-bond donors (Lipinski definition) is 2. The average Bonchev–Trinajstić information content (AvgIpc) is 3.48. The van der Waals surface area contributed by atoms with Crippen LogP contribution < -0.4 is 20.3 Å². The molecule has 9 nitrogen and oxygen atoms in total. The lowest BCUT2D eigenvalue weighted by Crippen LogP contribution is -2.32. The Balaban J connectivity index is 0.00000124. The van der Waals surface area contributed by atoms with Gasteiger partial charge in [-0.3, -0.25) is 4.79 Å². The molecule has 2 aromatic heterocycles. The number of pyridine rings is 2. The van der Waals surface area contributed by atoms with E-state index in [1.807, 2.05) is 26.0 Å². The fourth-order valence-electron chi connectivity index (χ4n) is 4.82. The van der Waals surface area contributed by atoms with E-state index in [0.29, 0.717) is 47.1 Å². The van der Waals surface area contributed by atoms with Crippen molar-refractivity contribution >= 4 is 16.9 Å². The molecule has 0 bridgehead atoms. The van der Waals surface area contributed by atoms with E-state index in [0.717, 1.165) is 41.4 Å². The highest BCUT2D eigenvalue weighted by atomic mass is 16.7. The molecule has 3 aromatic rings. The number of aliphatic hydroxyl groups is 1. The zero-order valence-electron chi connectivity index (χ0n) is 20.1. The molecule has 0 fully saturated rings. The fraction of sp³-hybridized carbons (Fsp3) is 0.423. The van der Waals surface area contributed by atoms with Crippen LogP contribution in [-0.4, -0.2) is 34.0 Å². The highest BCUT2D eigenvalue weighted by Crippen LogP contribution is 2.42. The standard InChI is InChI=1S/C24H23N3O6.C2H6/c1-2-3-4-25-8-14-12-6-19-20(33-11-32-19)7-17(12)26-21-15(14)9-27-18(21)5-13-16(23(27)29)10-31-24(30)22(13)28;1-2/h5-7,22,25,28H,2-4,8-11H2,1H3;1-2H3. The molecule has 3 aliphatic rings. The van der Waals surface area contributed by atoms with Gasteiger partial charge in [-0.15, -0.1) is 0 Å². The first kappa shape index (κ1) is 23.3. The van der Waals surface area contributed by atoms with Crippen LogP contribution in [0.25, 0.3) is 22.3 Å². The normalized spacial score (nSPS) is 16.8. The summed E-state index contributed by atoms with van der Waals surface area (Å²) in [5, 5.41) is 14.8. The second-order valence-corrected chi connectivity index (χ2v) is 8.54. The molecular weight excluding hydrogens is 450 g/mol. The molecule has 0 saturated carbocycles. The molecule has 0 amide bonds. The number of nitrogens with zero attached hydrogens (tertiary/aromatic N) is 2. The van der Waals surface area contributed by atoms with E-state index >= 15 is 0 Å². The molecule has 3 aliphatic heterocycles. The van der Waals surface area contributed by atoms with Crippen molar-refractivity contribution in [2.45, 2.75) is 59.4 Å². The predicted molar refractivity (Wildman–Crippen MR) is 129 cm³/mol. The lowest BCUT2D eigenvalue weighted by atomic mass is 9.98. The smallest absolute Gasteiger partial charge is 0.340 e. The molecule has 1 atom stereocenters. The van der Waals surface area contributed by atoms with Crippen molar-refractivity contribution in [1.29, 1.82) is 0 Å². The fourth-order valence-corrected chi connectivity index (χ4v) is 4.82. The minimum Gasteiger partial charge on any atom is -0.458 e. The van der Waals surface area contributed by atoms with Crippen LogP contribution in [0.3, 0.4) is 0 Å². The molecule has 0 spiro atoms. The third-order valence-electron chi connectivity index (χ3n) is 6.58. The van der Waals surface area contributed by atoms with Crippen molar-refractivity contribution in [2.75, 3.05) is 13.3 Å². The number of esters is 1. The van der Waals surface area contributed by atoms with Crippen LogP contribution in [0.4, 0.5) is 0 Å². The van der Waals surface area contributed by atoms with Crippen molar-refractivity contribution in [3.63, 3.8) is 0 Å². The molecule has 184 valence electrons. The van der Waals surface area contributed by atoms with E-state index in [1.165, 1.54) is 0 Å². The van der Waals surface area contributed by atoms with Gasteiger partial charge in [-0.1, -0.05) is 27.2 Å². The number of aliphatic hydroxyl groups excluding tert-OH is 1. The average molecular weight is 480 g/mol. The van der Waals surface area contributed by atoms with Gasteiger partial charge in [0, 0.05) is 29.1 Å². The summed E-state index contributed by atoms with van der Waals surface area (Å²) in [5.74, 6) is 0.574. The first-order chi connectivity index (χ1) is 17.1. The number of rotatable bonds is 5. The third kappa shape index (κ3) is 3.75. The monoisotopic (exact) mass is 479 g/mol. The molecular formula is C26H29N3O6. The number of carbonyl (C=O) groups is 1. The van der Waals surface area contributed by atoms with E-state index in [2.05, 4.69) is 12.2 Å². The first-order valence-electron chi connectivity index (χ1n) is 12.1. The number of cyclic esters (lactones) is 1. The van der Waals surface area contributed by atoms with E-state index < -0.39 is 12.1 Å². The lowest BCUT2D eigenvalue weighted by Gasteiger charge is -2.21. The van der Waals surface area contributed by atoms with Crippen LogP contribution in [0, 0.1) is 0 Å². The third-order valence-corrected chi connectivity index (χ3v) is 6.58. The zero-order valence-corrected chi connectivity index (χ0v) is 20.1. The Bertz CT molecular complexity index is 1380. The van der Waals surface area contributed by atoms with Crippen molar-refractivity contribution in [2.24, 2.45) is 0 Å². The van der Waals surface area contributed by atoms with Crippen molar-refractivity contribution in [3.05, 3.63) is 50.8 Å². The van der Waals surface area contributed by atoms with Gasteiger partial charge >= 0.3 is 5.97 Å². The van der Waals surface area contributed by atoms with Gasteiger partial charge in [-0.05, 0) is 30.7 Å². The highest BCUT2D eigenvalue weighted by molar-refractivity contribution is 5.91. The number of nitrogens with one attached hydrogen (secondary N) is 1. The Labute approximate surface area is 202 Å². The number of ether oxygens (including phenoxy) is 3. The number of unbranched alkanes of at least 4 members (excludes halogenated alkanes) is 1. The maximum Gasteiger partial charge on any atom is 0.340 e. The second kappa shape index (κ2) is 9.31. The van der Waals surface area contributed by atoms with Gasteiger partial charge in [0.05, 0.1) is 29.0 Å². The minimum absolute atomic E-state index is 0.136. The minimum atomic E-state index is -1.47. The zero-order chi connectivity index (χ0) is 24.7. The summed E-state index contributed by atoms with van der Waals surface area (Å²) in [7, 11) is 0. The molecule has 0 saturated heterocycles. The number of carbonyl (C=O) groups excluding carboxylic acids is 1. The maximum absolute atomic E-state index is 13.3. The van der Waals surface area contributed by atoms with Gasteiger partial charge in [0.25, 0.3) is 5.56 Å². The molecule has 2 N–H and O–H groups in total. The maximum atomic E-state index is 13.3. The Morgan fingerprint density at radius 3 is 2.66 bits per heavy atom. The predicted octanol–water partition coefficient (Wildman–Crippen LogP) is 3.16. The van der Waals surface area contributed by atoms with Crippen LogP contribution in [0.1, 0.15) is 62.0 Å². The van der Waals surface area contributed by atoms with E-state index in [-0.39, 0.29) is 19.0 Å². The van der Waals surface area contributed by atoms with Crippen LogP contribution in [-0.2, 0) is 29.2 Å². The van der Waals surface area contributed by atoms with Gasteiger partial charge in [-0.25, -0.2) is 9.78 Å². The van der Waals surface area contributed by atoms with Crippen molar-refractivity contribution in [3.8, 4) is 22.9 Å². The SMILES string of the molecule is CC.CCCCNCc1c2c(nc3cc4c(cc13)OCO4)-c1cc3c(c(=O)n1C2)COC(=O)C3O. The molecule has 35 heavy (non-hydrogen) atoms. The molecule has 1 unspecified atom stereocenters. The molecule has 9 heteroatoms. The first-order valence-corrected chi connectivity index (χ1v) is 12.1. The summed E-state index contributed by atoms with van der Waals surface area (Å²) in [4.78, 5) is 30.1. The molecule has 1 aromatic carbocycles. The van der Waals surface area contributed by atoms with E-state index in [1.54, 1.807) is 10.6 Å². The van der Waals surface area contributed by atoms with Crippen LogP contribution in [0.15, 0.2) is 23.0 Å². The van der Waals surface area contributed by atoms with Crippen LogP contribution in [0.2, 0.25) is 0 Å². The summed E-state index contributed by atoms with van der Waals surface area (Å²) < 4.78 is 17.8. The Morgan fingerprint density at radius 2 is 1.89 bits per heavy atom. The summed E-state index contributed by atoms with van der Waals surface area (Å²) >= 11 is 0. The van der Waals surface area contributed by atoms with Crippen LogP contribution in [0.5, 0.6) is 11.5 Å². The van der Waals surface area contributed by atoms with Gasteiger partial charge in [0.1, 0.15) is 6.61 Å². The number of aromatic nitrogens is 2. The molecule has 6 rings (SSSR count). The summed E-state index contributed by atoms with van der Waals surface area (Å²) in [6.07, 6.45) is 0.688. The Kier molecular flexibility index (Phi) is 6.21. The van der Waals surface area contributed by atoms with Gasteiger partial charge in [0.15, 0.2) is 17.6 Å². The lowest BCUT2D eigenvalue weighted by molar-refractivity contribution is -0.157. The van der Waals surface area contributed by atoms with Gasteiger partial charge in [-0.2, -0.15) is 0 Å². The van der Waals surface area contributed by atoms with Gasteiger partial charge < -0.3 is 29.2 Å². The number of hydrogen-bond acceptors (Lipinski definition) is 8. The summed E-state index contributed by atoms with van der Waals surface area (Å²) in [5.41, 5.74) is 4.36. The quantitative estimate of drug-likeness (QED) is 0.332. The Morgan fingerprint density at radius 1 is 1.11 bits per heavy atom. The van der Waals surface area contributed by atoms with Crippen molar-refractivity contribution < 1.29 is 24.1 Å². The topological polar surface area (TPSA) is 112 Å².